The minimum Gasteiger partial charge on any atom is -0.388 e. The van der Waals surface area contributed by atoms with Gasteiger partial charge in [-0.1, -0.05) is 12.1 Å². The largest absolute Gasteiger partial charge is 0.388 e. The summed E-state index contributed by atoms with van der Waals surface area (Å²) >= 11 is 0. The van der Waals surface area contributed by atoms with E-state index in [1.54, 1.807) is 10.8 Å². The molecule has 4 aromatic rings. The molecule has 1 fully saturated rings. The van der Waals surface area contributed by atoms with E-state index in [1.165, 1.54) is 11.9 Å². The number of pyridine rings is 1. The van der Waals surface area contributed by atoms with Gasteiger partial charge in [-0.25, -0.2) is 15.0 Å². The minimum atomic E-state index is -1.03. The lowest BCUT2D eigenvalue weighted by Gasteiger charge is -2.18. The van der Waals surface area contributed by atoms with Gasteiger partial charge in [0.05, 0.1) is 11.6 Å². The number of hydrogen-bond acceptors (Lipinski definition) is 7. The van der Waals surface area contributed by atoms with Gasteiger partial charge in [0.25, 0.3) is 0 Å². The summed E-state index contributed by atoms with van der Waals surface area (Å²) < 4.78 is 7.86. The van der Waals surface area contributed by atoms with Gasteiger partial charge >= 0.3 is 0 Å². The van der Waals surface area contributed by atoms with E-state index < -0.39 is 24.5 Å². The predicted molar refractivity (Wildman–Crippen MR) is 120 cm³/mol. The van der Waals surface area contributed by atoms with Crippen LogP contribution < -0.4 is 5.32 Å². The van der Waals surface area contributed by atoms with Gasteiger partial charge in [0.1, 0.15) is 30.0 Å². The summed E-state index contributed by atoms with van der Waals surface area (Å²) in [7, 11) is 0. The van der Waals surface area contributed by atoms with Crippen LogP contribution in [-0.2, 0) is 17.6 Å². The quantitative estimate of drug-likeness (QED) is 0.456. The second kappa shape index (κ2) is 7.81. The number of rotatable bonds is 4. The van der Waals surface area contributed by atoms with Gasteiger partial charge in [0.15, 0.2) is 6.23 Å². The molecule has 0 bridgehead atoms. The number of nitrogens with one attached hydrogen (secondary N) is 1. The molecule has 6 rings (SSSR count). The molecule has 0 amide bonds. The molecule has 0 radical (unpaired) electrons. The first-order valence-corrected chi connectivity index (χ1v) is 11.1. The van der Waals surface area contributed by atoms with E-state index in [4.69, 9.17) is 9.72 Å². The lowest BCUT2D eigenvalue weighted by molar-refractivity contribution is -0.0364. The summed E-state index contributed by atoms with van der Waals surface area (Å²) in [6.45, 7) is 0.967. The fraction of sp³-hybridized carbons (Fsp3) is 0.375. The van der Waals surface area contributed by atoms with Crippen molar-refractivity contribution in [2.24, 2.45) is 0 Å². The Morgan fingerprint density at radius 1 is 1.12 bits per heavy atom. The average molecular weight is 431 g/mol. The van der Waals surface area contributed by atoms with Crippen LogP contribution in [-0.4, -0.2) is 54.6 Å². The van der Waals surface area contributed by atoms with E-state index in [9.17, 15) is 10.2 Å². The molecule has 2 aliphatic heterocycles. The van der Waals surface area contributed by atoms with Gasteiger partial charge < -0.3 is 24.8 Å². The number of benzene rings is 1. The van der Waals surface area contributed by atoms with Crippen LogP contribution in [0, 0.1) is 0 Å². The van der Waals surface area contributed by atoms with Crippen LogP contribution in [0.5, 0.6) is 0 Å². The van der Waals surface area contributed by atoms with Crippen LogP contribution in [0.3, 0.4) is 0 Å². The smallest absolute Gasteiger partial charge is 0.164 e. The number of aryl methyl sites for hydroxylation is 2. The van der Waals surface area contributed by atoms with E-state index in [0.29, 0.717) is 12.1 Å². The van der Waals surface area contributed by atoms with Crippen molar-refractivity contribution in [1.29, 1.82) is 0 Å². The first-order valence-electron chi connectivity index (χ1n) is 11.1. The van der Waals surface area contributed by atoms with Crippen molar-refractivity contribution in [3.8, 4) is 0 Å². The summed E-state index contributed by atoms with van der Waals surface area (Å²) in [5.41, 5.74) is 4.06. The van der Waals surface area contributed by atoms with Crippen LogP contribution in [0.1, 0.15) is 30.2 Å². The van der Waals surface area contributed by atoms with Crippen LogP contribution in [0.4, 0.5) is 5.82 Å². The second-order valence-electron chi connectivity index (χ2n) is 8.66. The fourth-order valence-electron chi connectivity index (χ4n) is 4.85. The van der Waals surface area contributed by atoms with E-state index in [0.717, 1.165) is 53.5 Å². The van der Waals surface area contributed by atoms with Crippen molar-refractivity contribution in [3.63, 3.8) is 0 Å². The highest BCUT2D eigenvalue weighted by Gasteiger charge is 2.43. The summed E-state index contributed by atoms with van der Waals surface area (Å²) in [6, 6.07) is 10.4. The highest BCUT2D eigenvalue weighted by atomic mass is 16.6. The van der Waals surface area contributed by atoms with Crippen LogP contribution in [0.15, 0.2) is 49.1 Å². The lowest BCUT2D eigenvalue weighted by Crippen LogP contribution is -2.31. The molecule has 5 heterocycles. The molecule has 3 N–H and O–H groups in total. The first kappa shape index (κ1) is 19.6. The maximum absolute atomic E-state index is 10.7. The van der Waals surface area contributed by atoms with Gasteiger partial charge in [-0.15, -0.1) is 0 Å². The SMILES string of the molecule is O[C@@H]1[C@H](O)[C@@H](CCc2ccc3cc4c(nc3c2)NCCC4)O[C@H]1n1ccc2cncnc21. The Balaban J connectivity index is 1.19. The highest BCUT2D eigenvalue weighted by Crippen LogP contribution is 2.34. The Hall–Kier alpha value is -3.07. The third-order valence-corrected chi connectivity index (χ3v) is 6.58. The number of aliphatic hydroxyl groups excluding tert-OH is 2. The van der Waals surface area contributed by atoms with Gasteiger partial charge in [0.2, 0.25) is 0 Å². The van der Waals surface area contributed by atoms with Gasteiger partial charge in [-0.2, -0.15) is 0 Å². The third kappa shape index (κ3) is 3.31. The zero-order valence-corrected chi connectivity index (χ0v) is 17.6. The maximum atomic E-state index is 10.7. The molecular weight excluding hydrogens is 406 g/mol. The predicted octanol–water partition coefficient (Wildman–Crippen LogP) is 2.59. The minimum absolute atomic E-state index is 0.469. The molecule has 3 aromatic heterocycles. The summed E-state index contributed by atoms with van der Waals surface area (Å²) in [5, 5.41) is 26.7. The molecule has 164 valence electrons. The van der Waals surface area contributed by atoms with Crippen LogP contribution >= 0.6 is 0 Å². The van der Waals surface area contributed by atoms with E-state index in [2.05, 4.69) is 39.6 Å². The summed E-state index contributed by atoms with van der Waals surface area (Å²) in [6.07, 6.45) is 5.37. The van der Waals surface area contributed by atoms with Crippen molar-refractivity contribution in [2.75, 3.05) is 11.9 Å². The van der Waals surface area contributed by atoms with Crippen molar-refractivity contribution in [3.05, 3.63) is 60.2 Å². The Morgan fingerprint density at radius 2 is 2.06 bits per heavy atom. The van der Waals surface area contributed by atoms with Crippen molar-refractivity contribution >= 4 is 27.8 Å². The Labute approximate surface area is 184 Å². The molecule has 32 heavy (non-hydrogen) atoms. The molecule has 0 saturated carbocycles. The number of anilines is 1. The molecule has 1 saturated heterocycles. The third-order valence-electron chi connectivity index (χ3n) is 6.58. The molecule has 1 aromatic carbocycles. The van der Waals surface area contributed by atoms with E-state index in [-0.39, 0.29) is 0 Å². The molecule has 8 nitrogen and oxygen atoms in total. The Kier molecular flexibility index (Phi) is 4.78. The number of ether oxygens (including phenoxy) is 1. The lowest BCUT2D eigenvalue weighted by atomic mass is 9.99. The van der Waals surface area contributed by atoms with E-state index in [1.807, 2.05) is 12.3 Å². The van der Waals surface area contributed by atoms with Crippen molar-refractivity contribution < 1.29 is 14.9 Å². The second-order valence-corrected chi connectivity index (χ2v) is 8.66. The number of hydrogen-bond donors (Lipinski definition) is 3. The molecular formula is C24H25N5O3. The van der Waals surface area contributed by atoms with Gasteiger partial charge in [-0.3, -0.25) is 0 Å². The summed E-state index contributed by atoms with van der Waals surface area (Å²) in [5.74, 6) is 0.990. The molecule has 0 aliphatic carbocycles. The average Bonchev–Trinajstić information content (AvgIpc) is 3.37. The monoisotopic (exact) mass is 431 g/mol. The molecule has 2 aliphatic rings. The standard InChI is InChI=1S/C24H25N5O3/c30-20-19(32-24(21(20)31)29-9-7-17-12-25-13-27-23(17)29)6-4-14-3-5-15-11-16-2-1-8-26-22(16)28-18(15)10-14/h3,5,7,9-13,19-21,24,30-31H,1-2,4,6,8H2,(H,26,28)/t19-,20-,21-,24-/m1/s1. The maximum Gasteiger partial charge on any atom is 0.164 e. The van der Waals surface area contributed by atoms with Crippen molar-refractivity contribution in [2.45, 2.75) is 50.2 Å². The Bertz CT molecular complexity index is 1290. The number of nitrogens with zero attached hydrogens (tertiary/aromatic N) is 4. The number of aromatic nitrogens is 4. The normalized spacial score (nSPS) is 25.2. The zero-order valence-electron chi connectivity index (χ0n) is 17.6. The van der Waals surface area contributed by atoms with E-state index >= 15 is 0 Å². The first-order chi connectivity index (χ1) is 15.7. The topological polar surface area (TPSA) is 105 Å². The highest BCUT2D eigenvalue weighted by molar-refractivity contribution is 5.82. The van der Waals surface area contributed by atoms with Crippen LogP contribution in [0.2, 0.25) is 0 Å². The van der Waals surface area contributed by atoms with Gasteiger partial charge in [-0.05, 0) is 55.0 Å². The fourth-order valence-corrected chi connectivity index (χ4v) is 4.85. The molecule has 8 heteroatoms. The van der Waals surface area contributed by atoms with Crippen LogP contribution in [0.25, 0.3) is 21.9 Å². The molecule has 4 atom stereocenters. The summed E-state index contributed by atoms with van der Waals surface area (Å²) in [4.78, 5) is 13.1. The van der Waals surface area contributed by atoms with Crippen molar-refractivity contribution in [1.82, 2.24) is 19.5 Å². The Morgan fingerprint density at radius 3 is 3.00 bits per heavy atom. The molecule has 0 spiro atoms. The molecule has 0 unspecified atom stereocenters. The number of fused-ring (bicyclic) bond motifs is 3. The number of aliphatic hydroxyl groups is 2. The van der Waals surface area contributed by atoms with Gasteiger partial charge in [0, 0.05) is 29.7 Å². The zero-order chi connectivity index (χ0) is 21.7.